The lowest BCUT2D eigenvalue weighted by Gasteiger charge is -2.03. The van der Waals surface area contributed by atoms with Crippen molar-refractivity contribution in [3.8, 4) is 11.3 Å². The summed E-state index contributed by atoms with van der Waals surface area (Å²) in [6.45, 7) is 0. The summed E-state index contributed by atoms with van der Waals surface area (Å²) in [5.41, 5.74) is 1.19. The zero-order valence-electron chi connectivity index (χ0n) is 12.2. The molecular weight excluding hydrogens is 332 g/mol. The number of halogens is 1. The Hall–Kier alpha value is -3.12. The van der Waals surface area contributed by atoms with Gasteiger partial charge >= 0.3 is 0 Å². The molecule has 24 heavy (non-hydrogen) atoms. The number of anilines is 1. The average Bonchev–Trinajstić information content (AvgIpc) is 3.05. The van der Waals surface area contributed by atoms with Crippen molar-refractivity contribution in [2.75, 3.05) is 5.32 Å². The molecule has 1 N–H and O–H groups in total. The molecule has 6 nitrogen and oxygen atoms in total. The molecule has 3 aromatic rings. The predicted octanol–water partition coefficient (Wildman–Crippen LogP) is 4.76. The van der Waals surface area contributed by atoms with Gasteiger partial charge in [-0.15, -0.1) is 0 Å². The quantitative estimate of drug-likeness (QED) is 0.547. The molecule has 3 rings (SSSR count). The van der Waals surface area contributed by atoms with Gasteiger partial charge in [-0.05, 0) is 42.5 Å². The van der Waals surface area contributed by atoms with E-state index in [1.54, 1.807) is 42.5 Å². The number of amides is 1. The second-order valence-electron chi connectivity index (χ2n) is 4.93. The second-order valence-corrected chi connectivity index (χ2v) is 5.37. The molecule has 0 aliphatic heterocycles. The van der Waals surface area contributed by atoms with E-state index in [2.05, 4.69) is 5.32 Å². The van der Waals surface area contributed by atoms with Crippen molar-refractivity contribution in [1.29, 1.82) is 0 Å². The van der Waals surface area contributed by atoms with E-state index in [9.17, 15) is 14.9 Å². The number of non-ortho nitro benzene ring substituents is 1. The van der Waals surface area contributed by atoms with Gasteiger partial charge in [0.15, 0.2) is 5.76 Å². The second kappa shape index (κ2) is 6.55. The number of nitro groups is 1. The summed E-state index contributed by atoms with van der Waals surface area (Å²) in [5, 5.41) is 13.9. The summed E-state index contributed by atoms with van der Waals surface area (Å²) >= 11 is 5.87. The monoisotopic (exact) mass is 342 g/mol. The molecule has 0 saturated carbocycles. The molecular formula is C17H11ClN2O4. The zero-order chi connectivity index (χ0) is 17.1. The van der Waals surface area contributed by atoms with Crippen LogP contribution in [0.4, 0.5) is 11.4 Å². The zero-order valence-corrected chi connectivity index (χ0v) is 13.0. The minimum Gasteiger partial charge on any atom is -0.451 e. The SMILES string of the molecule is O=C(Nc1cccc(Cl)c1)c1ccc(-c2ccc([N+](=O)[O-])cc2)o1. The van der Waals surface area contributed by atoms with Crippen molar-refractivity contribution in [3.63, 3.8) is 0 Å². The molecule has 0 fully saturated rings. The fourth-order valence-corrected chi connectivity index (χ4v) is 2.31. The summed E-state index contributed by atoms with van der Waals surface area (Å²) in [6, 6.07) is 15.8. The van der Waals surface area contributed by atoms with Crippen LogP contribution in [0.1, 0.15) is 10.6 Å². The van der Waals surface area contributed by atoms with E-state index in [4.69, 9.17) is 16.0 Å². The van der Waals surface area contributed by atoms with Crippen molar-refractivity contribution in [3.05, 3.63) is 81.6 Å². The standard InChI is InChI=1S/C17H11ClN2O4/c18-12-2-1-3-13(10-12)19-17(21)16-9-8-15(24-16)11-4-6-14(7-5-11)20(22)23/h1-10H,(H,19,21). The highest BCUT2D eigenvalue weighted by Gasteiger charge is 2.13. The molecule has 1 amide bonds. The topological polar surface area (TPSA) is 85.4 Å². The van der Waals surface area contributed by atoms with Gasteiger partial charge in [0.05, 0.1) is 4.92 Å². The number of furan rings is 1. The summed E-state index contributed by atoms with van der Waals surface area (Å²) < 4.78 is 5.52. The number of benzene rings is 2. The number of hydrogen-bond acceptors (Lipinski definition) is 4. The van der Waals surface area contributed by atoms with E-state index in [1.165, 1.54) is 18.2 Å². The van der Waals surface area contributed by atoms with Crippen molar-refractivity contribution in [2.45, 2.75) is 0 Å². The highest BCUT2D eigenvalue weighted by atomic mass is 35.5. The molecule has 0 unspecified atom stereocenters. The Kier molecular flexibility index (Phi) is 4.31. The number of nitro benzene ring substituents is 1. The lowest BCUT2D eigenvalue weighted by molar-refractivity contribution is -0.384. The van der Waals surface area contributed by atoms with Crippen LogP contribution in [0, 0.1) is 10.1 Å². The number of hydrogen-bond donors (Lipinski definition) is 1. The molecule has 0 saturated heterocycles. The van der Waals surface area contributed by atoms with E-state index < -0.39 is 10.8 Å². The lowest BCUT2D eigenvalue weighted by Crippen LogP contribution is -2.10. The minimum absolute atomic E-state index is 0.00997. The molecule has 0 radical (unpaired) electrons. The van der Waals surface area contributed by atoms with Gasteiger partial charge in [-0.1, -0.05) is 17.7 Å². The molecule has 7 heteroatoms. The predicted molar refractivity (Wildman–Crippen MR) is 90.2 cm³/mol. The van der Waals surface area contributed by atoms with Gasteiger partial charge in [0.2, 0.25) is 0 Å². The Balaban J connectivity index is 1.77. The first-order chi connectivity index (χ1) is 11.5. The van der Waals surface area contributed by atoms with Crippen molar-refractivity contribution in [1.82, 2.24) is 0 Å². The van der Waals surface area contributed by atoms with E-state index in [0.717, 1.165) is 0 Å². The van der Waals surface area contributed by atoms with E-state index in [-0.39, 0.29) is 11.4 Å². The third-order valence-corrected chi connectivity index (χ3v) is 3.51. The largest absolute Gasteiger partial charge is 0.451 e. The lowest BCUT2D eigenvalue weighted by atomic mass is 10.1. The smallest absolute Gasteiger partial charge is 0.291 e. The maximum atomic E-state index is 12.2. The Morgan fingerprint density at radius 2 is 1.83 bits per heavy atom. The minimum atomic E-state index is -0.476. The van der Waals surface area contributed by atoms with Gasteiger partial charge < -0.3 is 9.73 Å². The molecule has 0 atom stereocenters. The first-order valence-electron chi connectivity index (χ1n) is 6.94. The van der Waals surface area contributed by atoms with Crippen LogP contribution in [-0.2, 0) is 0 Å². The van der Waals surface area contributed by atoms with Gasteiger partial charge in [-0.2, -0.15) is 0 Å². The van der Waals surface area contributed by atoms with Crippen molar-refractivity contribution < 1.29 is 14.1 Å². The average molecular weight is 343 g/mol. The molecule has 0 spiro atoms. The number of rotatable bonds is 4. The molecule has 0 bridgehead atoms. The van der Waals surface area contributed by atoms with Crippen LogP contribution in [0.25, 0.3) is 11.3 Å². The van der Waals surface area contributed by atoms with Gasteiger partial charge in [-0.3, -0.25) is 14.9 Å². The third kappa shape index (κ3) is 3.44. The Morgan fingerprint density at radius 3 is 2.50 bits per heavy atom. The maximum absolute atomic E-state index is 12.2. The van der Waals surface area contributed by atoms with Gasteiger partial charge in [0, 0.05) is 28.4 Å². The van der Waals surface area contributed by atoms with E-state index in [0.29, 0.717) is 22.0 Å². The molecule has 1 aromatic heterocycles. The van der Waals surface area contributed by atoms with Crippen molar-refractivity contribution in [2.24, 2.45) is 0 Å². The maximum Gasteiger partial charge on any atom is 0.291 e. The van der Waals surface area contributed by atoms with Crippen LogP contribution in [-0.4, -0.2) is 10.8 Å². The molecule has 0 aliphatic carbocycles. The van der Waals surface area contributed by atoms with Gasteiger partial charge in [0.25, 0.3) is 11.6 Å². The van der Waals surface area contributed by atoms with Gasteiger partial charge in [-0.25, -0.2) is 0 Å². The van der Waals surface area contributed by atoms with Gasteiger partial charge in [0.1, 0.15) is 5.76 Å². The first-order valence-corrected chi connectivity index (χ1v) is 7.32. The number of nitrogens with one attached hydrogen (secondary N) is 1. The van der Waals surface area contributed by atoms with Crippen molar-refractivity contribution >= 4 is 28.9 Å². The Labute approximate surface area is 141 Å². The highest BCUT2D eigenvalue weighted by Crippen LogP contribution is 2.25. The fourth-order valence-electron chi connectivity index (χ4n) is 2.12. The molecule has 2 aromatic carbocycles. The Morgan fingerprint density at radius 1 is 1.08 bits per heavy atom. The number of carbonyl (C=O) groups is 1. The summed E-state index contributed by atoms with van der Waals surface area (Å²) in [4.78, 5) is 22.4. The van der Waals surface area contributed by atoms with E-state index >= 15 is 0 Å². The van der Waals surface area contributed by atoms with E-state index in [1.807, 2.05) is 0 Å². The van der Waals surface area contributed by atoms with Crippen LogP contribution >= 0.6 is 11.6 Å². The summed E-state index contributed by atoms with van der Waals surface area (Å²) in [7, 11) is 0. The molecule has 1 heterocycles. The molecule has 0 aliphatic rings. The highest BCUT2D eigenvalue weighted by molar-refractivity contribution is 6.30. The Bertz CT molecular complexity index is 903. The van der Waals surface area contributed by atoms with Crippen LogP contribution in [0.3, 0.4) is 0 Å². The van der Waals surface area contributed by atoms with Crippen LogP contribution in [0.5, 0.6) is 0 Å². The van der Waals surface area contributed by atoms with Crippen LogP contribution in [0.2, 0.25) is 5.02 Å². The summed E-state index contributed by atoms with van der Waals surface area (Å²) in [5.74, 6) is 0.162. The normalized spacial score (nSPS) is 10.4. The summed E-state index contributed by atoms with van der Waals surface area (Å²) in [6.07, 6.45) is 0. The number of carbonyl (C=O) groups excluding carboxylic acids is 1. The first kappa shape index (κ1) is 15.8. The molecule has 120 valence electrons. The third-order valence-electron chi connectivity index (χ3n) is 3.27. The van der Waals surface area contributed by atoms with Crippen LogP contribution < -0.4 is 5.32 Å². The fraction of sp³-hybridized carbons (Fsp3) is 0. The van der Waals surface area contributed by atoms with Crippen LogP contribution in [0.15, 0.2) is 65.1 Å². The number of nitrogens with zero attached hydrogens (tertiary/aromatic N) is 1.